The van der Waals surface area contributed by atoms with Gasteiger partial charge < -0.3 is 10.3 Å². The fourth-order valence-electron chi connectivity index (χ4n) is 4.37. The maximum Gasteiger partial charge on any atom is 0.0604 e. The first kappa shape index (κ1) is 16.1. The number of benzene rings is 3. The Morgan fingerprint density at radius 3 is 2.81 bits per heavy atom. The second kappa shape index (κ2) is 6.26. The summed E-state index contributed by atoms with van der Waals surface area (Å²) in [4.78, 5) is 3.72. The summed E-state index contributed by atoms with van der Waals surface area (Å²) in [5.74, 6) is 0. The minimum Gasteiger partial charge on any atom is -0.356 e. The molecule has 0 radical (unpaired) electrons. The van der Waals surface area contributed by atoms with Crippen molar-refractivity contribution in [3.8, 4) is 0 Å². The van der Waals surface area contributed by atoms with Crippen LogP contribution in [0.2, 0.25) is 0 Å². The number of aromatic amines is 1. The predicted octanol–water partition coefficient (Wildman–Crippen LogP) is 5.82. The zero-order valence-corrected chi connectivity index (χ0v) is 16.4. The van der Waals surface area contributed by atoms with Crippen molar-refractivity contribution in [3.63, 3.8) is 0 Å². The van der Waals surface area contributed by atoms with Crippen molar-refractivity contribution in [2.24, 2.45) is 0 Å². The molecule has 0 aliphatic carbocycles. The molecular weight excluding hydrogens is 384 g/mol. The van der Waals surface area contributed by atoms with Gasteiger partial charge in [-0.05, 0) is 81.8 Å². The summed E-state index contributed by atoms with van der Waals surface area (Å²) in [6, 6.07) is 20.1. The Balaban J connectivity index is 1.61. The van der Waals surface area contributed by atoms with E-state index in [0.29, 0.717) is 6.04 Å². The first-order valence-corrected chi connectivity index (χ1v) is 10.0. The molecule has 26 heavy (non-hydrogen) atoms. The van der Waals surface area contributed by atoms with Crippen molar-refractivity contribution in [2.45, 2.75) is 25.8 Å². The standard InChI is InChI=1S/C23H21BrN2/c1-14-11-19-18-9-10-25-21(23(18)26-22(19)20(24)12-14)13-16-7-4-6-15-5-2-3-8-17(15)16/h2-8,11-12,21,25-26H,9-10,13H2,1H3. The number of nitrogens with one attached hydrogen (secondary N) is 2. The fraction of sp³-hybridized carbons (Fsp3) is 0.217. The fourth-order valence-corrected chi connectivity index (χ4v) is 5.04. The third-order valence-corrected chi connectivity index (χ3v) is 6.19. The Morgan fingerprint density at radius 2 is 1.88 bits per heavy atom. The van der Waals surface area contributed by atoms with Crippen molar-refractivity contribution in [2.75, 3.05) is 6.54 Å². The molecule has 2 nitrogen and oxygen atoms in total. The molecule has 0 amide bonds. The zero-order chi connectivity index (χ0) is 17.7. The molecular formula is C23H21BrN2. The van der Waals surface area contributed by atoms with Gasteiger partial charge in [-0.3, -0.25) is 0 Å². The van der Waals surface area contributed by atoms with E-state index in [2.05, 4.69) is 87.8 Å². The normalized spacial score (nSPS) is 16.9. The van der Waals surface area contributed by atoms with Crippen LogP contribution in [0.3, 0.4) is 0 Å². The topological polar surface area (TPSA) is 27.8 Å². The lowest BCUT2D eigenvalue weighted by atomic mass is 9.92. The maximum absolute atomic E-state index is 3.74. The van der Waals surface area contributed by atoms with E-state index in [4.69, 9.17) is 0 Å². The summed E-state index contributed by atoms with van der Waals surface area (Å²) >= 11 is 3.74. The van der Waals surface area contributed by atoms with E-state index in [-0.39, 0.29) is 0 Å². The molecule has 1 aliphatic rings. The molecule has 2 heterocycles. The molecule has 0 saturated carbocycles. The highest BCUT2D eigenvalue weighted by Crippen LogP contribution is 2.36. The minimum atomic E-state index is 0.323. The zero-order valence-electron chi connectivity index (χ0n) is 14.8. The number of aryl methyl sites for hydroxylation is 1. The van der Waals surface area contributed by atoms with Gasteiger partial charge in [-0.1, -0.05) is 42.5 Å². The number of hydrogen-bond acceptors (Lipinski definition) is 1. The van der Waals surface area contributed by atoms with Crippen LogP contribution >= 0.6 is 15.9 Å². The average molecular weight is 405 g/mol. The van der Waals surface area contributed by atoms with E-state index in [1.807, 2.05) is 0 Å². The molecule has 4 aromatic rings. The summed E-state index contributed by atoms with van der Waals surface area (Å²) in [6.45, 7) is 3.19. The SMILES string of the molecule is Cc1cc(Br)c2[nH]c3c(c2c1)CCNC3Cc1cccc2ccccc12. The highest BCUT2D eigenvalue weighted by atomic mass is 79.9. The van der Waals surface area contributed by atoms with Gasteiger partial charge in [0.25, 0.3) is 0 Å². The smallest absolute Gasteiger partial charge is 0.0604 e. The second-order valence-electron chi connectivity index (χ2n) is 7.29. The summed E-state index contributed by atoms with van der Waals surface area (Å²) in [6.07, 6.45) is 2.08. The van der Waals surface area contributed by atoms with Crippen LogP contribution in [0.15, 0.2) is 59.1 Å². The van der Waals surface area contributed by atoms with Gasteiger partial charge in [-0.25, -0.2) is 0 Å². The maximum atomic E-state index is 3.74. The molecule has 1 atom stereocenters. The predicted molar refractivity (Wildman–Crippen MR) is 113 cm³/mol. The molecule has 0 bridgehead atoms. The van der Waals surface area contributed by atoms with Gasteiger partial charge in [0, 0.05) is 15.6 Å². The van der Waals surface area contributed by atoms with Crippen LogP contribution < -0.4 is 5.32 Å². The van der Waals surface area contributed by atoms with Crippen LogP contribution in [0.1, 0.15) is 28.4 Å². The Morgan fingerprint density at radius 1 is 1.04 bits per heavy atom. The lowest BCUT2D eigenvalue weighted by Crippen LogP contribution is -2.31. The Labute approximate surface area is 161 Å². The molecule has 0 saturated heterocycles. The molecule has 1 unspecified atom stereocenters. The summed E-state index contributed by atoms with van der Waals surface area (Å²) in [5, 5.41) is 7.78. The molecule has 1 aliphatic heterocycles. The van der Waals surface area contributed by atoms with Gasteiger partial charge in [-0.2, -0.15) is 0 Å². The van der Waals surface area contributed by atoms with Crippen LogP contribution in [0.25, 0.3) is 21.7 Å². The number of aromatic nitrogens is 1. The molecule has 1 aromatic heterocycles. The van der Waals surface area contributed by atoms with E-state index >= 15 is 0 Å². The summed E-state index contributed by atoms with van der Waals surface area (Å²) in [7, 11) is 0. The number of halogens is 1. The van der Waals surface area contributed by atoms with Crippen molar-refractivity contribution >= 4 is 37.6 Å². The number of H-pyrrole nitrogens is 1. The highest BCUT2D eigenvalue weighted by Gasteiger charge is 2.25. The highest BCUT2D eigenvalue weighted by molar-refractivity contribution is 9.10. The Hall–Kier alpha value is -2.10. The van der Waals surface area contributed by atoms with E-state index < -0.39 is 0 Å². The molecule has 0 fully saturated rings. The molecule has 2 N–H and O–H groups in total. The van der Waals surface area contributed by atoms with Crippen molar-refractivity contribution < 1.29 is 0 Å². The van der Waals surface area contributed by atoms with Gasteiger partial charge in [0.2, 0.25) is 0 Å². The number of fused-ring (bicyclic) bond motifs is 4. The van der Waals surface area contributed by atoms with Crippen LogP contribution in [0, 0.1) is 6.92 Å². The van der Waals surface area contributed by atoms with Crippen LogP contribution in [0.5, 0.6) is 0 Å². The van der Waals surface area contributed by atoms with Gasteiger partial charge in [0.05, 0.1) is 11.6 Å². The van der Waals surface area contributed by atoms with Crippen LogP contribution in [-0.2, 0) is 12.8 Å². The lowest BCUT2D eigenvalue weighted by molar-refractivity contribution is 0.496. The average Bonchev–Trinajstić information content (AvgIpc) is 3.02. The summed E-state index contributed by atoms with van der Waals surface area (Å²) in [5.41, 5.74) is 6.77. The Kier molecular flexibility index (Phi) is 3.87. The van der Waals surface area contributed by atoms with E-state index in [1.54, 1.807) is 0 Å². The van der Waals surface area contributed by atoms with E-state index in [9.17, 15) is 0 Å². The third kappa shape index (κ3) is 2.58. The van der Waals surface area contributed by atoms with Gasteiger partial charge in [0.15, 0.2) is 0 Å². The monoisotopic (exact) mass is 404 g/mol. The van der Waals surface area contributed by atoms with Gasteiger partial charge in [0.1, 0.15) is 0 Å². The molecule has 3 aromatic carbocycles. The Bertz CT molecular complexity index is 1120. The molecule has 3 heteroatoms. The van der Waals surface area contributed by atoms with Crippen molar-refractivity contribution in [3.05, 3.63) is 81.5 Å². The number of rotatable bonds is 2. The first-order valence-electron chi connectivity index (χ1n) is 9.21. The molecule has 0 spiro atoms. The largest absolute Gasteiger partial charge is 0.356 e. The van der Waals surface area contributed by atoms with Crippen molar-refractivity contribution in [1.82, 2.24) is 10.3 Å². The van der Waals surface area contributed by atoms with Crippen LogP contribution in [-0.4, -0.2) is 11.5 Å². The first-order chi connectivity index (χ1) is 12.7. The van der Waals surface area contributed by atoms with Crippen molar-refractivity contribution in [1.29, 1.82) is 0 Å². The third-order valence-electron chi connectivity index (χ3n) is 5.56. The lowest BCUT2D eigenvalue weighted by Gasteiger charge is -2.25. The summed E-state index contributed by atoms with van der Waals surface area (Å²) < 4.78 is 1.16. The van der Waals surface area contributed by atoms with E-state index in [1.165, 1.54) is 44.1 Å². The van der Waals surface area contributed by atoms with E-state index in [0.717, 1.165) is 23.9 Å². The quantitative estimate of drug-likeness (QED) is 0.432. The molecule has 130 valence electrons. The molecule has 5 rings (SSSR count). The number of hydrogen-bond donors (Lipinski definition) is 2. The van der Waals surface area contributed by atoms with Crippen LogP contribution in [0.4, 0.5) is 0 Å². The van der Waals surface area contributed by atoms with Gasteiger partial charge in [-0.15, -0.1) is 0 Å². The minimum absolute atomic E-state index is 0.323. The van der Waals surface area contributed by atoms with Gasteiger partial charge >= 0.3 is 0 Å². The second-order valence-corrected chi connectivity index (χ2v) is 8.14.